The average Bonchev–Trinajstić information content (AvgIpc) is 2.62. The molecule has 0 aliphatic rings. The fraction of sp³-hybridized carbons (Fsp3) is 0.222. The zero-order valence-corrected chi connectivity index (χ0v) is 14.2. The van der Waals surface area contributed by atoms with Crippen molar-refractivity contribution in [3.8, 4) is 0 Å². The Bertz CT molecular complexity index is 860. The third-order valence-electron chi connectivity index (χ3n) is 3.31. The van der Waals surface area contributed by atoms with Crippen LogP contribution in [0.2, 0.25) is 0 Å². The number of benzene rings is 1. The molecule has 0 bridgehead atoms. The number of amides is 2. The van der Waals surface area contributed by atoms with Crippen molar-refractivity contribution in [1.29, 1.82) is 0 Å². The van der Waals surface area contributed by atoms with Crippen LogP contribution in [0.3, 0.4) is 0 Å². The standard InChI is InChI=1S/C18H19N3O5/c1-2-19-18(25)13-6-5-7-14(10-13)20-15(22)12-26-17(24)11-21-9-4-3-8-16(21)23/h3-10H,2,11-12H2,1H3,(H,19,25)(H,20,22). The summed E-state index contributed by atoms with van der Waals surface area (Å²) in [6.07, 6.45) is 1.45. The van der Waals surface area contributed by atoms with Gasteiger partial charge in [0.15, 0.2) is 6.61 Å². The van der Waals surface area contributed by atoms with Crippen LogP contribution >= 0.6 is 0 Å². The van der Waals surface area contributed by atoms with E-state index in [-0.39, 0.29) is 18.0 Å². The number of anilines is 1. The number of esters is 1. The van der Waals surface area contributed by atoms with Gasteiger partial charge in [-0.25, -0.2) is 0 Å². The quantitative estimate of drug-likeness (QED) is 0.712. The highest BCUT2D eigenvalue weighted by Crippen LogP contribution is 2.10. The first kappa shape index (κ1) is 18.9. The van der Waals surface area contributed by atoms with Gasteiger partial charge in [-0.3, -0.25) is 19.2 Å². The number of hydrogen-bond donors (Lipinski definition) is 2. The summed E-state index contributed by atoms with van der Waals surface area (Å²) in [4.78, 5) is 46.9. The smallest absolute Gasteiger partial charge is 0.326 e. The fourth-order valence-electron chi connectivity index (χ4n) is 2.12. The van der Waals surface area contributed by atoms with Gasteiger partial charge < -0.3 is 19.9 Å². The van der Waals surface area contributed by atoms with Gasteiger partial charge in [-0.15, -0.1) is 0 Å². The summed E-state index contributed by atoms with van der Waals surface area (Å²) >= 11 is 0. The van der Waals surface area contributed by atoms with E-state index in [0.29, 0.717) is 17.8 Å². The summed E-state index contributed by atoms with van der Waals surface area (Å²) in [6.45, 7) is 1.53. The first-order chi connectivity index (χ1) is 12.5. The second-order valence-electron chi connectivity index (χ2n) is 5.32. The molecule has 26 heavy (non-hydrogen) atoms. The van der Waals surface area contributed by atoms with E-state index in [4.69, 9.17) is 4.74 Å². The van der Waals surface area contributed by atoms with E-state index >= 15 is 0 Å². The van der Waals surface area contributed by atoms with Crippen LogP contribution in [0.4, 0.5) is 5.69 Å². The Morgan fingerprint density at radius 2 is 1.92 bits per heavy atom. The van der Waals surface area contributed by atoms with Crippen LogP contribution in [0.25, 0.3) is 0 Å². The van der Waals surface area contributed by atoms with Crippen molar-refractivity contribution in [2.45, 2.75) is 13.5 Å². The molecule has 2 amide bonds. The van der Waals surface area contributed by atoms with E-state index in [9.17, 15) is 19.2 Å². The molecule has 2 N–H and O–H groups in total. The lowest BCUT2D eigenvalue weighted by Crippen LogP contribution is -2.27. The Kier molecular flexibility index (Phi) is 6.67. The Labute approximate surface area is 149 Å². The molecule has 0 fully saturated rings. The Hall–Kier alpha value is -3.42. The Balaban J connectivity index is 1.86. The molecule has 0 unspecified atom stereocenters. The van der Waals surface area contributed by atoms with Crippen LogP contribution in [0.1, 0.15) is 17.3 Å². The predicted octanol–water partition coefficient (Wildman–Crippen LogP) is 0.780. The predicted molar refractivity (Wildman–Crippen MR) is 94.7 cm³/mol. The van der Waals surface area contributed by atoms with E-state index < -0.39 is 18.5 Å². The average molecular weight is 357 g/mol. The van der Waals surface area contributed by atoms with Crippen molar-refractivity contribution in [2.75, 3.05) is 18.5 Å². The zero-order chi connectivity index (χ0) is 18.9. The zero-order valence-electron chi connectivity index (χ0n) is 14.2. The Morgan fingerprint density at radius 3 is 2.65 bits per heavy atom. The molecule has 8 heteroatoms. The molecule has 8 nitrogen and oxygen atoms in total. The first-order valence-corrected chi connectivity index (χ1v) is 7.99. The minimum absolute atomic E-state index is 0.247. The number of hydrogen-bond acceptors (Lipinski definition) is 5. The van der Waals surface area contributed by atoms with Crippen LogP contribution < -0.4 is 16.2 Å². The highest BCUT2D eigenvalue weighted by molar-refractivity contribution is 5.97. The molecular formula is C18H19N3O5. The number of ether oxygens (including phenoxy) is 1. The molecule has 1 heterocycles. The van der Waals surface area contributed by atoms with Gasteiger partial charge in [-0.2, -0.15) is 0 Å². The fourth-order valence-corrected chi connectivity index (χ4v) is 2.12. The lowest BCUT2D eigenvalue weighted by Gasteiger charge is -2.09. The van der Waals surface area contributed by atoms with Crippen LogP contribution in [0, 0.1) is 0 Å². The van der Waals surface area contributed by atoms with Crippen molar-refractivity contribution < 1.29 is 19.1 Å². The molecule has 1 aromatic heterocycles. The molecule has 0 atom stereocenters. The van der Waals surface area contributed by atoms with Gasteiger partial charge >= 0.3 is 5.97 Å². The third kappa shape index (κ3) is 5.59. The number of pyridine rings is 1. The van der Waals surface area contributed by atoms with Gasteiger partial charge in [0.05, 0.1) is 0 Å². The van der Waals surface area contributed by atoms with E-state index in [2.05, 4.69) is 10.6 Å². The summed E-state index contributed by atoms with van der Waals surface area (Å²) < 4.78 is 6.04. The van der Waals surface area contributed by atoms with Crippen molar-refractivity contribution in [1.82, 2.24) is 9.88 Å². The maximum Gasteiger partial charge on any atom is 0.326 e. The van der Waals surface area contributed by atoms with Gasteiger partial charge in [-0.1, -0.05) is 12.1 Å². The van der Waals surface area contributed by atoms with Crippen molar-refractivity contribution >= 4 is 23.5 Å². The number of nitrogens with zero attached hydrogens (tertiary/aromatic N) is 1. The molecule has 1 aromatic carbocycles. The minimum atomic E-state index is -0.704. The molecule has 0 saturated carbocycles. The molecule has 0 radical (unpaired) electrons. The molecule has 0 spiro atoms. The molecule has 2 aromatic rings. The second kappa shape index (κ2) is 9.16. The van der Waals surface area contributed by atoms with E-state index in [1.165, 1.54) is 22.9 Å². The Morgan fingerprint density at radius 1 is 1.12 bits per heavy atom. The van der Waals surface area contributed by atoms with E-state index in [1.54, 1.807) is 37.3 Å². The van der Waals surface area contributed by atoms with Crippen molar-refractivity contribution in [3.05, 3.63) is 64.6 Å². The van der Waals surface area contributed by atoms with E-state index in [1.807, 2.05) is 0 Å². The molecule has 0 aliphatic carbocycles. The second-order valence-corrected chi connectivity index (χ2v) is 5.32. The highest BCUT2D eigenvalue weighted by Gasteiger charge is 2.10. The van der Waals surface area contributed by atoms with Gasteiger partial charge in [-0.05, 0) is 31.2 Å². The molecular weight excluding hydrogens is 338 g/mol. The summed E-state index contributed by atoms with van der Waals surface area (Å²) in [5, 5.41) is 5.21. The summed E-state index contributed by atoms with van der Waals surface area (Å²) in [6, 6.07) is 10.9. The van der Waals surface area contributed by atoms with Crippen LogP contribution in [0.15, 0.2) is 53.5 Å². The summed E-state index contributed by atoms with van der Waals surface area (Å²) in [5.74, 6) is -1.50. The summed E-state index contributed by atoms with van der Waals surface area (Å²) in [5.41, 5.74) is 0.482. The number of nitrogens with one attached hydrogen (secondary N) is 2. The largest absolute Gasteiger partial charge is 0.454 e. The first-order valence-electron chi connectivity index (χ1n) is 7.99. The van der Waals surface area contributed by atoms with Gasteiger partial charge in [0.1, 0.15) is 6.54 Å². The van der Waals surface area contributed by atoms with Crippen molar-refractivity contribution in [3.63, 3.8) is 0 Å². The maximum absolute atomic E-state index is 11.9. The molecule has 2 rings (SSSR count). The number of aromatic nitrogens is 1. The normalized spacial score (nSPS) is 10.0. The van der Waals surface area contributed by atoms with Crippen LogP contribution in [-0.2, 0) is 20.9 Å². The number of carbonyl (C=O) groups is 3. The molecule has 136 valence electrons. The highest BCUT2D eigenvalue weighted by atomic mass is 16.5. The topological polar surface area (TPSA) is 106 Å². The van der Waals surface area contributed by atoms with Crippen LogP contribution in [0.5, 0.6) is 0 Å². The van der Waals surface area contributed by atoms with Gasteiger partial charge in [0.2, 0.25) is 0 Å². The molecule has 0 saturated heterocycles. The van der Waals surface area contributed by atoms with Crippen molar-refractivity contribution in [2.24, 2.45) is 0 Å². The SMILES string of the molecule is CCNC(=O)c1cccc(NC(=O)COC(=O)Cn2ccccc2=O)c1. The lowest BCUT2D eigenvalue weighted by atomic mass is 10.2. The molecule has 0 aliphatic heterocycles. The van der Waals surface area contributed by atoms with Gasteiger partial charge in [0, 0.05) is 30.1 Å². The third-order valence-corrected chi connectivity index (χ3v) is 3.31. The van der Waals surface area contributed by atoms with E-state index in [0.717, 1.165) is 0 Å². The number of rotatable bonds is 7. The maximum atomic E-state index is 11.9. The lowest BCUT2D eigenvalue weighted by molar-refractivity contribution is -0.147. The number of carbonyl (C=O) groups excluding carboxylic acids is 3. The minimum Gasteiger partial charge on any atom is -0.454 e. The van der Waals surface area contributed by atoms with Crippen LogP contribution in [-0.4, -0.2) is 35.5 Å². The summed E-state index contributed by atoms with van der Waals surface area (Å²) in [7, 11) is 0. The monoisotopic (exact) mass is 357 g/mol. The van der Waals surface area contributed by atoms with Gasteiger partial charge in [0.25, 0.3) is 17.4 Å².